The van der Waals surface area contributed by atoms with Crippen molar-refractivity contribution in [3.63, 3.8) is 0 Å². The molecule has 1 aromatic carbocycles. The van der Waals surface area contributed by atoms with E-state index in [-0.39, 0.29) is 0 Å². The van der Waals surface area contributed by atoms with Crippen LogP contribution in [0.1, 0.15) is 11.3 Å². The zero-order chi connectivity index (χ0) is 14.7. The molecule has 2 aromatic rings. The molecule has 5 nitrogen and oxygen atoms in total. The number of methoxy groups -OCH3 is 1. The average molecular weight is 285 g/mol. The van der Waals surface area contributed by atoms with Gasteiger partial charge in [-0.3, -0.25) is 0 Å². The Morgan fingerprint density at radius 1 is 1.29 bits per heavy atom. The summed E-state index contributed by atoms with van der Waals surface area (Å²) in [5.41, 5.74) is 2.12. The third kappa shape index (κ3) is 3.07. The molecule has 110 valence electrons. The molecule has 1 aromatic heterocycles. The fourth-order valence-corrected chi connectivity index (χ4v) is 2.49. The molecule has 3 rings (SSSR count). The molecule has 0 unspecified atom stereocenters. The van der Waals surface area contributed by atoms with Crippen LogP contribution in [0.2, 0.25) is 0 Å². The van der Waals surface area contributed by atoms with E-state index < -0.39 is 0 Å². The summed E-state index contributed by atoms with van der Waals surface area (Å²) >= 11 is 0. The van der Waals surface area contributed by atoms with Crippen molar-refractivity contribution in [3.05, 3.63) is 41.6 Å². The summed E-state index contributed by atoms with van der Waals surface area (Å²) < 4.78 is 11.2. The minimum Gasteiger partial charge on any atom is -0.493 e. The predicted octanol–water partition coefficient (Wildman–Crippen LogP) is 2.46. The lowest BCUT2D eigenvalue weighted by molar-refractivity contribution is 0.218. The van der Waals surface area contributed by atoms with Gasteiger partial charge in [0.25, 0.3) is 0 Å². The van der Waals surface area contributed by atoms with Gasteiger partial charge >= 0.3 is 0 Å². The quantitative estimate of drug-likeness (QED) is 0.935. The zero-order valence-electron chi connectivity index (χ0n) is 12.3. The highest BCUT2D eigenvalue weighted by atomic mass is 16.5. The topological polar surface area (TPSA) is 56.3 Å². The monoisotopic (exact) mass is 285 g/mol. The fourth-order valence-electron chi connectivity index (χ4n) is 2.49. The lowest BCUT2D eigenvalue weighted by Crippen LogP contribution is -2.27. The number of benzene rings is 1. The number of aromatic nitrogens is 2. The SMILES string of the molecule is COc1cccc2c1OC[C@@H](CNc1ccc(C)nn1)C2. The first kappa shape index (κ1) is 13.7. The smallest absolute Gasteiger partial charge is 0.164 e. The van der Waals surface area contributed by atoms with Crippen molar-refractivity contribution in [2.45, 2.75) is 13.3 Å². The lowest BCUT2D eigenvalue weighted by atomic mass is 9.96. The van der Waals surface area contributed by atoms with Crippen LogP contribution in [0.5, 0.6) is 11.5 Å². The zero-order valence-corrected chi connectivity index (χ0v) is 12.3. The molecule has 0 bridgehead atoms. The van der Waals surface area contributed by atoms with Crippen LogP contribution in [0, 0.1) is 12.8 Å². The molecule has 0 saturated carbocycles. The van der Waals surface area contributed by atoms with Crippen LogP contribution < -0.4 is 14.8 Å². The molecule has 0 aliphatic carbocycles. The maximum Gasteiger partial charge on any atom is 0.164 e. The average Bonchev–Trinajstić information content (AvgIpc) is 2.53. The van der Waals surface area contributed by atoms with Crippen molar-refractivity contribution in [1.82, 2.24) is 10.2 Å². The predicted molar refractivity (Wildman–Crippen MR) is 80.9 cm³/mol. The third-order valence-electron chi connectivity index (χ3n) is 3.62. The lowest BCUT2D eigenvalue weighted by Gasteiger charge is -2.26. The first-order valence-corrected chi connectivity index (χ1v) is 7.09. The van der Waals surface area contributed by atoms with Gasteiger partial charge in [-0.1, -0.05) is 12.1 Å². The second kappa shape index (κ2) is 5.99. The minimum atomic E-state index is 0.410. The number of ether oxygens (including phenoxy) is 2. The van der Waals surface area contributed by atoms with Crippen molar-refractivity contribution < 1.29 is 9.47 Å². The van der Waals surface area contributed by atoms with Gasteiger partial charge < -0.3 is 14.8 Å². The van der Waals surface area contributed by atoms with Crippen LogP contribution in [0.15, 0.2) is 30.3 Å². The molecule has 1 aliphatic heterocycles. The molecule has 5 heteroatoms. The summed E-state index contributed by atoms with van der Waals surface area (Å²) in [6.07, 6.45) is 0.971. The van der Waals surface area contributed by atoms with Crippen LogP contribution in [0.4, 0.5) is 5.82 Å². The van der Waals surface area contributed by atoms with Gasteiger partial charge in [0.15, 0.2) is 11.5 Å². The van der Waals surface area contributed by atoms with Crippen LogP contribution in [0.3, 0.4) is 0 Å². The molecule has 1 aliphatic rings. The van der Waals surface area contributed by atoms with Crippen LogP contribution >= 0.6 is 0 Å². The van der Waals surface area contributed by atoms with E-state index >= 15 is 0 Å². The van der Waals surface area contributed by atoms with E-state index in [1.54, 1.807) is 7.11 Å². The van der Waals surface area contributed by atoms with E-state index in [9.17, 15) is 0 Å². The van der Waals surface area contributed by atoms with Crippen molar-refractivity contribution in [3.8, 4) is 11.5 Å². The number of fused-ring (bicyclic) bond motifs is 1. The highest BCUT2D eigenvalue weighted by Crippen LogP contribution is 2.35. The number of rotatable bonds is 4. The maximum absolute atomic E-state index is 5.86. The summed E-state index contributed by atoms with van der Waals surface area (Å²) in [6, 6.07) is 9.92. The van der Waals surface area contributed by atoms with Gasteiger partial charge in [-0.2, -0.15) is 5.10 Å². The van der Waals surface area contributed by atoms with Gasteiger partial charge in [0.2, 0.25) is 0 Å². The maximum atomic E-state index is 5.86. The number of anilines is 1. The molecule has 0 radical (unpaired) electrons. The first-order chi connectivity index (χ1) is 10.3. The number of hydrogen-bond donors (Lipinski definition) is 1. The van der Waals surface area contributed by atoms with Crippen molar-refractivity contribution in [1.29, 1.82) is 0 Å². The number of nitrogens with one attached hydrogen (secondary N) is 1. The molecule has 21 heavy (non-hydrogen) atoms. The molecule has 0 saturated heterocycles. The molecular formula is C16H19N3O2. The molecule has 1 atom stereocenters. The van der Waals surface area contributed by atoms with Gasteiger partial charge in [0.05, 0.1) is 19.4 Å². The number of hydrogen-bond acceptors (Lipinski definition) is 5. The first-order valence-electron chi connectivity index (χ1n) is 7.09. The van der Waals surface area contributed by atoms with Crippen molar-refractivity contribution >= 4 is 5.82 Å². The van der Waals surface area contributed by atoms with Crippen molar-refractivity contribution in [2.24, 2.45) is 5.92 Å². The van der Waals surface area contributed by atoms with E-state index in [0.29, 0.717) is 12.5 Å². The van der Waals surface area contributed by atoms with Gasteiger partial charge in [-0.25, -0.2) is 0 Å². The second-order valence-electron chi connectivity index (χ2n) is 5.27. The second-order valence-corrected chi connectivity index (χ2v) is 5.27. The van der Waals surface area contributed by atoms with Crippen LogP contribution in [-0.4, -0.2) is 30.5 Å². The van der Waals surface area contributed by atoms with Crippen LogP contribution in [0.25, 0.3) is 0 Å². The summed E-state index contributed by atoms with van der Waals surface area (Å²) in [6.45, 7) is 3.42. The van der Waals surface area contributed by atoms with Crippen molar-refractivity contribution in [2.75, 3.05) is 25.6 Å². The Morgan fingerprint density at radius 2 is 2.19 bits per heavy atom. The summed E-state index contributed by atoms with van der Waals surface area (Å²) in [5.74, 6) is 2.90. The largest absolute Gasteiger partial charge is 0.493 e. The third-order valence-corrected chi connectivity index (χ3v) is 3.62. The van der Waals surface area contributed by atoms with Gasteiger partial charge in [0, 0.05) is 12.5 Å². The number of aryl methyl sites for hydroxylation is 1. The minimum absolute atomic E-state index is 0.410. The van der Waals surface area contributed by atoms with E-state index in [1.807, 2.05) is 31.2 Å². The Labute approximate surface area is 124 Å². The van der Waals surface area contributed by atoms with Gasteiger partial charge in [-0.05, 0) is 37.1 Å². The number of para-hydroxylation sites is 1. The normalized spacial score (nSPS) is 16.8. The van der Waals surface area contributed by atoms with Crippen LogP contribution in [-0.2, 0) is 6.42 Å². The molecule has 2 heterocycles. The molecule has 0 spiro atoms. The summed E-state index contributed by atoms with van der Waals surface area (Å²) in [4.78, 5) is 0. The van der Waals surface area contributed by atoms with E-state index in [1.165, 1.54) is 5.56 Å². The molecule has 0 fully saturated rings. The fraction of sp³-hybridized carbons (Fsp3) is 0.375. The Balaban J connectivity index is 1.63. The highest BCUT2D eigenvalue weighted by Gasteiger charge is 2.22. The Hall–Kier alpha value is -2.30. The Morgan fingerprint density at radius 3 is 2.95 bits per heavy atom. The summed E-state index contributed by atoms with van der Waals surface area (Å²) in [7, 11) is 1.67. The standard InChI is InChI=1S/C16H19N3O2/c1-11-6-7-15(19-18-11)17-9-12-8-13-4-3-5-14(20-2)16(13)21-10-12/h3-7,12H,8-10H2,1-2H3,(H,17,19)/t12-/m1/s1. The molecular weight excluding hydrogens is 266 g/mol. The van der Waals surface area contributed by atoms with E-state index in [2.05, 4.69) is 21.6 Å². The highest BCUT2D eigenvalue weighted by molar-refractivity contribution is 5.48. The molecule has 0 amide bonds. The van der Waals surface area contributed by atoms with E-state index in [0.717, 1.165) is 36.0 Å². The van der Waals surface area contributed by atoms with E-state index in [4.69, 9.17) is 9.47 Å². The van der Waals surface area contributed by atoms with Gasteiger partial charge in [0.1, 0.15) is 5.82 Å². The Bertz CT molecular complexity index is 613. The Kier molecular flexibility index (Phi) is 3.90. The van der Waals surface area contributed by atoms with Gasteiger partial charge in [-0.15, -0.1) is 5.10 Å². The summed E-state index contributed by atoms with van der Waals surface area (Å²) in [5, 5.41) is 11.5. The number of nitrogens with zero attached hydrogens (tertiary/aromatic N) is 2. The molecule has 1 N–H and O–H groups in total.